The normalized spacial score (nSPS) is 19.5. The molecule has 2 aliphatic heterocycles. The number of ether oxygens (including phenoxy) is 2. The monoisotopic (exact) mass is 411 g/mol. The van der Waals surface area contributed by atoms with Crippen molar-refractivity contribution in [1.82, 2.24) is 10.2 Å². The molecule has 0 spiro atoms. The molecule has 2 aliphatic rings. The maximum absolute atomic E-state index is 11.1. The van der Waals surface area contributed by atoms with Gasteiger partial charge in [0.15, 0.2) is 11.5 Å². The van der Waals surface area contributed by atoms with Crippen LogP contribution in [0.4, 0.5) is 5.69 Å². The highest BCUT2D eigenvalue weighted by molar-refractivity contribution is 5.41. The number of nitro groups is 1. The molecule has 1 N–H and O–H groups in total. The van der Waals surface area contributed by atoms with Crippen LogP contribution >= 0.6 is 0 Å². The summed E-state index contributed by atoms with van der Waals surface area (Å²) in [6, 6.07) is 14.8. The van der Waals surface area contributed by atoms with E-state index in [1.165, 1.54) is 12.8 Å². The molecule has 4 rings (SSSR count). The number of nitrogens with zero attached hydrogens (tertiary/aromatic N) is 2. The SMILES string of the molecule is O=[N+]([O-])c1ccccc1CNCCC1CCN(CC2COc3ccccc3O2)CC1. The summed E-state index contributed by atoms with van der Waals surface area (Å²) in [5.74, 6) is 2.37. The zero-order chi connectivity index (χ0) is 20.8. The van der Waals surface area contributed by atoms with E-state index in [0.29, 0.717) is 19.1 Å². The largest absolute Gasteiger partial charge is 0.486 e. The van der Waals surface area contributed by atoms with Gasteiger partial charge >= 0.3 is 0 Å². The first-order chi connectivity index (χ1) is 14.7. The highest BCUT2D eigenvalue weighted by atomic mass is 16.6. The van der Waals surface area contributed by atoms with Crippen LogP contribution in [0.5, 0.6) is 11.5 Å². The molecular weight excluding hydrogens is 382 g/mol. The average molecular weight is 412 g/mol. The minimum absolute atomic E-state index is 0.0831. The molecule has 0 saturated carbocycles. The number of nitro benzene ring substituents is 1. The number of benzene rings is 2. The van der Waals surface area contributed by atoms with E-state index in [2.05, 4.69) is 10.2 Å². The van der Waals surface area contributed by atoms with Gasteiger partial charge in [-0.3, -0.25) is 15.0 Å². The fourth-order valence-corrected chi connectivity index (χ4v) is 4.27. The Hall–Kier alpha value is -2.64. The standard InChI is InChI=1S/C23H29N3O4/c27-26(28)21-6-2-1-5-19(21)15-24-12-9-18-10-13-25(14-11-18)16-20-17-29-22-7-3-4-8-23(22)30-20/h1-8,18,20,24H,9-17H2. The fourth-order valence-electron chi connectivity index (χ4n) is 4.27. The summed E-state index contributed by atoms with van der Waals surface area (Å²) in [6.45, 7) is 5.08. The lowest BCUT2D eigenvalue weighted by Gasteiger charge is -2.35. The molecule has 2 aromatic carbocycles. The minimum Gasteiger partial charge on any atom is -0.486 e. The summed E-state index contributed by atoms with van der Waals surface area (Å²) < 4.78 is 11.9. The lowest BCUT2D eigenvalue weighted by atomic mass is 9.93. The van der Waals surface area contributed by atoms with Crippen molar-refractivity contribution in [3.05, 3.63) is 64.2 Å². The number of hydrogen-bond donors (Lipinski definition) is 1. The molecule has 2 aromatic rings. The topological polar surface area (TPSA) is 76.9 Å². The number of hydrogen-bond acceptors (Lipinski definition) is 6. The van der Waals surface area contributed by atoms with Gasteiger partial charge in [-0.2, -0.15) is 0 Å². The van der Waals surface area contributed by atoms with Crippen LogP contribution < -0.4 is 14.8 Å². The second-order valence-electron chi connectivity index (χ2n) is 8.09. The number of rotatable bonds is 8. The van der Waals surface area contributed by atoms with E-state index in [4.69, 9.17) is 9.47 Å². The van der Waals surface area contributed by atoms with E-state index in [1.54, 1.807) is 12.1 Å². The van der Waals surface area contributed by atoms with Crippen molar-refractivity contribution >= 4 is 5.69 Å². The van der Waals surface area contributed by atoms with Crippen LogP contribution in [-0.2, 0) is 6.54 Å². The average Bonchev–Trinajstić information content (AvgIpc) is 2.78. The Morgan fingerprint density at radius 2 is 1.80 bits per heavy atom. The zero-order valence-electron chi connectivity index (χ0n) is 17.2. The molecule has 30 heavy (non-hydrogen) atoms. The molecule has 1 unspecified atom stereocenters. The lowest BCUT2D eigenvalue weighted by molar-refractivity contribution is -0.385. The van der Waals surface area contributed by atoms with Crippen LogP contribution in [0.2, 0.25) is 0 Å². The van der Waals surface area contributed by atoms with E-state index < -0.39 is 0 Å². The third-order valence-electron chi connectivity index (χ3n) is 5.97. The van der Waals surface area contributed by atoms with Gasteiger partial charge in [-0.25, -0.2) is 0 Å². The van der Waals surface area contributed by atoms with Crippen LogP contribution in [0.3, 0.4) is 0 Å². The number of fused-ring (bicyclic) bond motifs is 1. The Balaban J connectivity index is 1.14. The van der Waals surface area contributed by atoms with Gasteiger partial charge in [0, 0.05) is 24.7 Å². The summed E-state index contributed by atoms with van der Waals surface area (Å²) in [5.41, 5.74) is 0.934. The van der Waals surface area contributed by atoms with E-state index in [0.717, 1.165) is 49.7 Å². The van der Waals surface area contributed by atoms with Crippen molar-refractivity contribution < 1.29 is 14.4 Å². The van der Waals surface area contributed by atoms with Crippen molar-refractivity contribution in [1.29, 1.82) is 0 Å². The highest BCUT2D eigenvalue weighted by Gasteiger charge is 2.26. The number of piperidine rings is 1. The molecule has 160 valence electrons. The lowest BCUT2D eigenvalue weighted by Crippen LogP contribution is -2.44. The third kappa shape index (κ3) is 5.29. The first kappa shape index (κ1) is 20.6. The van der Waals surface area contributed by atoms with Gasteiger partial charge < -0.3 is 14.8 Å². The summed E-state index contributed by atoms with van der Waals surface area (Å²) >= 11 is 0. The Morgan fingerprint density at radius 1 is 1.07 bits per heavy atom. The Bertz CT molecular complexity index is 852. The van der Waals surface area contributed by atoms with E-state index in [-0.39, 0.29) is 16.7 Å². The molecular formula is C23H29N3O4. The highest BCUT2D eigenvalue weighted by Crippen LogP contribution is 2.31. The van der Waals surface area contributed by atoms with Crippen molar-refractivity contribution in [2.45, 2.75) is 31.9 Å². The summed E-state index contributed by atoms with van der Waals surface area (Å²) in [7, 11) is 0. The van der Waals surface area contributed by atoms with E-state index in [1.807, 2.05) is 36.4 Å². The maximum Gasteiger partial charge on any atom is 0.273 e. The first-order valence-electron chi connectivity index (χ1n) is 10.7. The van der Waals surface area contributed by atoms with Gasteiger partial charge in [-0.15, -0.1) is 0 Å². The second kappa shape index (κ2) is 9.91. The molecule has 7 heteroatoms. The third-order valence-corrected chi connectivity index (χ3v) is 5.97. The Labute approximate surface area is 177 Å². The molecule has 0 aromatic heterocycles. The molecule has 1 saturated heterocycles. The zero-order valence-corrected chi connectivity index (χ0v) is 17.2. The van der Waals surface area contributed by atoms with Gasteiger partial charge in [0.25, 0.3) is 5.69 Å². The molecule has 1 atom stereocenters. The summed E-state index contributed by atoms with van der Waals surface area (Å²) in [4.78, 5) is 13.3. The fraction of sp³-hybridized carbons (Fsp3) is 0.478. The van der Waals surface area contributed by atoms with Crippen LogP contribution in [0.25, 0.3) is 0 Å². The van der Waals surface area contributed by atoms with Gasteiger partial charge in [0.05, 0.1) is 4.92 Å². The quantitative estimate of drug-likeness (QED) is 0.406. The molecule has 0 bridgehead atoms. The maximum atomic E-state index is 11.1. The van der Waals surface area contributed by atoms with Crippen molar-refractivity contribution in [3.8, 4) is 11.5 Å². The summed E-state index contributed by atoms with van der Waals surface area (Å²) in [5, 5.41) is 14.5. The molecule has 2 heterocycles. The van der Waals surface area contributed by atoms with Crippen LogP contribution in [-0.4, -0.2) is 48.7 Å². The van der Waals surface area contributed by atoms with Crippen molar-refractivity contribution in [3.63, 3.8) is 0 Å². The van der Waals surface area contributed by atoms with E-state index in [9.17, 15) is 10.1 Å². The van der Waals surface area contributed by atoms with Crippen LogP contribution in [0, 0.1) is 16.0 Å². The molecule has 0 aliphatic carbocycles. The number of likely N-dealkylation sites (tertiary alicyclic amines) is 1. The van der Waals surface area contributed by atoms with Gasteiger partial charge in [-0.1, -0.05) is 30.3 Å². The predicted octanol–water partition coefficient (Wildman–Crippen LogP) is 3.63. The van der Waals surface area contributed by atoms with Gasteiger partial charge in [-0.05, 0) is 56.9 Å². The van der Waals surface area contributed by atoms with Crippen LogP contribution in [0.15, 0.2) is 48.5 Å². The molecule has 0 amide bonds. The van der Waals surface area contributed by atoms with Gasteiger partial charge in [0.1, 0.15) is 12.7 Å². The van der Waals surface area contributed by atoms with Crippen molar-refractivity contribution in [2.24, 2.45) is 5.92 Å². The number of nitrogens with one attached hydrogen (secondary N) is 1. The Kier molecular flexibility index (Phi) is 6.81. The smallest absolute Gasteiger partial charge is 0.273 e. The second-order valence-corrected chi connectivity index (χ2v) is 8.09. The summed E-state index contributed by atoms with van der Waals surface area (Å²) in [6.07, 6.45) is 3.54. The predicted molar refractivity (Wildman–Crippen MR) is 115 cm³/mol. The number of para-hydroxylation sites is 3. The Morgan fingerprint density at radius 3 is 2.60 bits per heavy atom. The minimum atomic E-state index is -0.313. The van der Waals surface area contributed by atoms with E-state index >= 15 is 0 Å². The van der Waals surface area contributed by atoms with Crippen molar-refractivity contribution in [2.75, 3.05) is 32.8 Å². The molecule has 7 nitrogen and oxygen atoms in total. The molecule has 1 fully saturated rings. The van der Waals surface area contributed by atoms with Crippen LogP contribution in [0.1, 0.15) is 24.8 Å². The van der Waals surface area contributed by atoms with Gasteiger partial charge in [0.2, 0.25) is 0 Å². The molecule has 0 radical (unpaired) electrons. The first-order valence-corrected chi connectivity index (χ1v) is 10.7.